The number of halogens is 1. The van der Waals surface area contributed by atoms with Crippen molar-refractivity contribution >= 4 is 35.1 Å². The van der Waals surface area contributed by atoms with Crippen molar-refractivity contribution in [3.63, 3.8) is 0 Å². The summed E-state index contributed by atoms with van der Waals surface area (Å²) in [7, 11) is 0. The molecule has 2 amide bonds. The van der Waals surface area contributed by atoms with Gasteiger partial charge in [-0.3, -0.25) is 14.4 Å². The van der Waals surface area contributed by atoms with E-state index in [0.29, 0.717) is 42.8 Å². The van der Waals surface area contributed by atoms with Crippen molar-refractivity contribution in [1.29, 1.82) is 0 Å². The summed E-state index contributed by atoms with van der Waals surface area (Å²) in [6.45, 7) is 9.95. The molecule has 1 aromatic carbocycles. The Balaban J connectivity index is 1.74. The summed E-state index contributed by atoms with van der Waals surface area (Å²) in [6, 6.07) is 5.95. The monoisotopic (exact) mass is 544 g/mol. The molecule has 3 aliphatic heterocycles. The molecule has 1 N–H and O–H groups in total. The molecule has 3 saturated heterocycles. The highest BCUT2D eigenvalue weighted by Crippen LogP contribution is 2.64. The number of amides is 2. The summed E-state index contributed by atoms with van der Waals surface area (Å²) < 4.78 is 12.4. The topological polar surface area (TPSA) is 96.4 Å². The second-order valence-corrected chi connectivity index (χ2v) is 10.7. The molecule has 1 aromatic rings. The van der Waals surface area contributed by atoms with E-state index in [4.69, 9.17) is 21.1 Å². The van der Waals surface area contributed by atoms with Gasteiger partial charge in [-0.05, 0) is 62.8 Å². The second-order valence-electron chi connectivity index (χ2n) is 10.3. The Morgan fingerprint density at radius 2 is 1.97 bits per heavy atom. The van der Waals surface area contributed by atoms with Crippen molar-refractivity contribution < 1.29 is 29.0 Å². The standard InChI is InChI=1S/C29H37ClN2O6/c1-4-7-8-19-37-27(36)23-22-25(34)32(17-9-18-33)24(29(22)15-14-28(23,6-3)38-29)26(35)31(16-5-2)21-12-10-20(30)11-13-21/h4-5,10-13,22-24,33H,1-2,6-9,14-19H2,3H3/t22-,23+,24?,28-,29?/m0/s1. The molecule has 0 saturated carbocycles. The fraction of sp³-hybridized carbons (Fsp3) is 0.552. The smallest absolute Gasteiger partial charge is 0.312 e. The van der Waals surface area contributed by atoms with E-state index < -0.39 is 35.0 Å². The number of anilines is 1. The fourth-order valence-corrected chi connectivity index (χ4v) is 6.67. The highest BCUT2D eigenvalue weighted by atomic mass is 35.5. The molecule has 8 nitrogen and oxygen atoms in total. The number of hydrogen-bond donors (Lipinski definition) is 1. The van der Waals surface area contributed by atoms with Crippen molar-refractivity contribution in [2.75, 3.05) is 31.2 Å². The predicted molar refractivity (Wildman–Crippen MR) is 145 cm³/mol. The third-order valence-electron chi connectivity index (χ3n) is 8.24. The summed E-state index contributed by atoms with van der Waals surface area (Å²) in [6.07, 6.45) is 6.61. The van der Waals surface area contributed by atoms with Crippen LogP contribution < -0.4 is 4.90 Å². The van der Waals surface area contributed by atoms with Crippen LogP contribution in [-0.2, 0) is 23.9 Å². The number of aliphatic hydroxyl groups excluding tert-OH is 1. The normalized spacial score (nSPS) is 29.3. The van der Waals surface area contributed by atoms with Gasteiger partial charge in [0.15, 0.2) is 0 Å². The molecule has 0 aliphatic carbocycles. The number of ether oxygens (including phenoxy) is 2. The van der Waals surface area contributed by atoms with E-state index >= 15 is 0 Å². The number of carbonyl (C=O) groups excluding carboxylic acids is 3. The van der Waals surface area contributed by atoms with E-state index in [1.807, 2.05) is 6.92 Å². The summed E-state index contributed by atoms with van der Waals surface area (Å²) in [5.41, 5.74) is -1.40. The van der Waals surface area contributed by atoms with E-state index in [9.17, 15) is 19.5 Å². The van der Waals surface area contributed by atoms with Crippen LogP contribution in [-0.4, -0.2) is 71.3 Å². The summed E-state index contributed by atoms with van der Waals surface area (Å²) in [5, 5.41) is 10.1. The molecule has 3 aliphatic rings. The fourth-order valence-electron chi connectivity index (χ4n) is 6.55. The van der Waals surface area contributed by atoms with Gasteiger partial charge in [-0.2, -0.15) is 0 Å². The van der Waals surface area contributed by atoms with Gasteiger partial charge in [0.25, 0.3) is 5.91 Å². The summed E-state index contributed by atoms with van der Waals surface area (Å²) >= 11 is 6.08. The van der Waals surface area contributed by atoms with Gasteiger partial charge >= 0.3 is 5.97 Å². The van der Waals surface area contributed by atoms with Crippen LogP contribution in [0.5, 0.6) is 0 Å². The SMILES string of the molecule is C=CCCCOC(=O)[C@H]1[C@H]2C(=O)N(CCCO)C(C(=O)N(CC=C)c3ccc(Cl)cc3)C23CC[C@]1(CC)O3. The average molecular weight is 545 g/mol. The largest absolute Gasteiger partial charge is 0.465 e. The van der Waals surface area contributed by atoms with Gasteiger partial charge in [0.05, 0.1) is 18.1 Å². The van der Waals surface area contributed by atoms with Crippen LogP contribution in [0, 0.1) is 11.8 Å². The molecule has 3 fully saturated rings. The van der Waals surface area contributed by atoms with Crippen molar-refractivity contribution in [3.05, 3.63) is 54.6 Å². The number of benzene rings is 1. The van der Waals surface area contributed by atoms with Crippen LogP contribution in [0.2, 0.25) is 5.02 Å². The van der Waals surface area contributed by atoms with Gasteiger partial charge in [0.1, 0.15) is 17.6 Å². The highest BCUT2D eigenvalue weighted by Gasteiger charge is 2.79. The van der Waals surface area contributed by atoms with E-state index in [0.717, 1.165) is 6.42 Å². The Kier molecular flexibility index (Phi) is 8.65. The van der Waals surface area contributed by atoms with E-state index in [1.165, 1.54) is 4.90 Å². The van der Waals surface area contributed by atoms with Crippen molar-refractivity contribution in [2.24, 2.45) is 11.8 Å². The molecule has 9 heteroatoms. The van der Waals surface area contributed by atoms with Crippen LogP contribution in [0.25, 0.3) is 0 Å². The Hall–Kier alpha value is -2.68. The Bertz CT molecular complexity index is 1080. The number of unbranched alkanes of at least 4 members (excludes halogenated alkanes) is 1. The Morgan fingerprint density at radius 3 is 2.61 bits per heavy atom. The average Bonchev–Trinajstić information content (AvgIpc) is 3.52. The van der Waals surface area contributed by atoms with Crippen LogP contribution >= 0.6 is 11.6 Å². The molecular weight excluding hydrogens is 508 g/mol. The van der Waals surface area contributed by atoms with Gasteiger partial charge in [0.2, 0.25) is 5.91 Å². The lowest BCUT2D eigenvalue weighted by atomic mass is 9.65. The maximum absolute atomic E-state index is 14.4. The van der Waals surface area contributed by atoms with Crippen LogP contribution in [0.1, 0.15) is 45.4 Å². The van der Waals surface area contributed by atoms with Crippen LogP contribution in [0.3, 0.4) is 0 Å². The zero-order valence-corrected chi connectivity index (χ0v) is 22.7. The molecule has 0 radical (unpaired) electrons. The molecule has 206 valence electrons. The first-order valence-electron chi connectivity index (χ1n) is 13.4. The van der Waals surface area contributed by atoms with Gasteiger partial charge < -0.3 is 24.4 Å². The van der Waals surface area contributed by atoms with Crippen molar-refractivity contribution in [3.8, 4) is 0 Å². The predicted octanol–water partition coefficient (Wildman–Crippen LogP) is 3.91. The quantitative estimate of drug-likeness (QED) is 0.230. The molecular formula is C29H37ClN2O6. The minimum Gasteiger partial charge on any atom is -0.465 e. The van der Waals surface area contributed by atoms with Crippen molar-refractivity contribution in [1.82, 2.24) is 4.90 Å². The second kappa shape index (κ2) is 11.6. The number of likely N-dealkylation sites (tertiary alicyclic amines) is 1. The van der Waals surface area contributed by atoms with Gasteiger partial charge in [-0.15, -0.1) is 13.2 Å². The Morgan fingerprint density at radius 1 is 1.24 bits per heavy atom. The van der Waals surface area contributed by atoms with Crippen LogP contribution in [0.4, 0.5) is 5.69 Å². The molecule has 38 heavy (non-hydrogen) atoms. The minimum atomic E-state index is -1.16. The molecule has 2 unspecified atom stereocenters. The number of hydrogen-bond acceptors (Lipinski definition) is 6. The number of aliphatic hydroxyl groups is 1. The van der Waals surface area contributed by atoms with Gasteiger partial charge in [-0.25, -0.2) is 0 Å². The van der Waals surface area contributed by atoms with Crippen molar-refractivity contribution in [2.45, 2.75) is 62.7 Å². The summed E-state index contributed by atoms with van der Waals surface area (Å²) in [4.78, 5) is 45.0. The molecule has 5 atom stereocenters. The lowest BCUT2D eigenvalue weighted by Crippen LogP contribution is -2.56. The number of allylic oxidation sites excluding steroid dienone is 1. The summed E-state index contributed by atoms with van der Waals surface area (Å²) in [5.74, 6) is -2.68. The maximum atomic E-state index is 14.4. The molecule has 2 bridgehead atoms. The van der Waals surface area contributed by atoms with Gasteiger partial charge in [-0.1, -0.05) is 30.7 Å². The number of carbonyl (C=O) groups is 3. The van der Waals surface area contributed by atoms with E-state index in [2.05, 4.69) is 13.2 Å². The molecule has 3 heterocycles. The van der Waals surface area contributed by atoms with Crippen LogP contribution in [0.15, 0.2) is 49.6 Å². The lowest BCUT2D eigenvalue weighted by Gasteiger charge is -2.36. The number of rotatable bonds is 13. The first-order valence-corrected chi connectivity index (χ1v) is 13.7. The first-order chi connectivity index (χ1) is 18.3. The molecule has 1 spiro atoms. The van der Waals surface area contributed by atoms with E-state index in [1.54, 1.807) is 41.3 Å². The minimum absolute atomic E-state index is 0.134. The number of nitrogens with zero attached hydrogens (tertiary/aromatic N) is 2. The van der Waals surface area contributed by atoms with Gasteiger partial charge in [0, 0.05) is 30.4 Å². The maximum Gasteiger partial charge on any atom is 0.312 e. The molecule has 4 rings (SSSR count). The first kappa shape index (κ1) is 28.3. The Labute approximate surface area is 229 Å². The third kappa shape index (κ3) is 4.67. The third-order valence-corrected chi connectivity index (χ3v) is 8.49. The lowest BCUT2D eigenvalue weighted by molar-refractivity contribution is -0.161. The highest BCUT2D eigenvalue weighted by molar-refractivity contribution is 6.30. The number of esters is 1. The van der Waals surface area contributed by atoms with E-state index in [-0.39, 0.29) is 38.1 Å². The zero-order chi connectivity index (χ0) is 27.5. The number of fused-ring (bicyclic) bond motifs is 1. The zero-order valence-electron chi connectivity index (χ0n) is 21.9. The molecule has 0 aromatic heterocycles.